The summed E-state index contributed by atoms with van der Waals surface area (Å²) in [5.74, 6) is -0.889. The fourth-order valence-corrected chi connectivity index (χ4v) is 5.40. The smallest absolute Gasteiger partial charge is 0.252 e. The second-order valence-corrected chi connectivity index (χ2v) is 8.72. The summed E-state index contributed by atoms with van der Waals surface area (Å²) < 4.78 is 24.0. The summed E-state index contributed by atoms with van der Waals surface area (Å²) in [6, 6.07) is 5.11. The number of rotatable bonds is 3. The molecule has 0 saturated carbocycles. The zero-order chi connectivity index (χ0) is 17.6. The highest BCUT2D eigenvalue weighted by atomic mass is 32.2. The van der Waals surface area contributed by atoms with Crippen molar-refractivity contribution in [1.82, 2.24) is 0 Å². The van der Waals surface area contributed by atoms with Crippen molar-refractivity contribution in [2.24, 2.45) is 5.73 Å². The van der Waals surface area contributed by atoms with E-state index >= 15 is 0 Å². The highest BCUT2D eigenvalue weighted by Gasteiger charge is 2.29. The van der Waals surface area contributed by atoms with Crippen molar-refractivity contribution in [3.63, 3.8) is 0 Å². The molecule has 0 aliphatic heterocycles. The predicted octanol–water partition coefficient (Wildman–Crippen LogP) is 1.97. The molecule has 126 valence electrons. The Kier molecular flexibility index (Phi) is 3.97. The van der Waals surface area contributed by atoms with Crippen LogP contribution < -0.4 is 11.1 Å². The molecular formula is C16H16N2O4S2. The maximum absolute atomic E-state index is 12.0. The Bertz CT molecular complexity index is 974. The van der Waals surface area contributed by atoms with E-state index in [4.69, 9.17) is 5.73 Å². The van der Waals surface area contributed by atoms with Crippen molar-refractivity contribution in [3.8, 4) is 10.4 Å². The Morgan fingerprint density at radius 1 is 1.21 bits per heavy atom. The van der Waals surface area contributed by atoms with Crippen molar-refractivity contribution in [1.29, 1.82) is 0 Å². The fraction of sp³-hybridized carbons (Fsp3) is 0.250. The molecule has 1 aromatic carbocycles. The Morgan fingerprint density at radius 2 is 1.88 bits per heavy atom. The zero-order valence-electron chi connectivity index (χ0n) is 13.2. The van der Waals surface area contributed by atoms with Crippen molar-refractivity contribution in [2.45, 2.75) is 24.7 Å². The van der Waals surface area contributed by atoms with E-state index in [0.29, 0.717) is 28.3 Å². The number of benzene rings is 1. The number of carbonyl (C=O) groups excluding carboxylic acids is 2. The molecule has 3 rings (SSSR count). The first-order valence-corrected chi connectivity index (χ1v) is 9.96. The van der Waals surface area contributed by atoms with Crippen LogP contribution in [0.1, 0.15) is 28.4 Å². The van der Waals surface area contributed by atoms with Gasteiger partial charge in [-0.2, -0.15) is 0 Å². The molecule has 0 spiro atoms. The maximum Gasteiger partial charge on any atom is 0.252 e. The molecule has 0 unspecified atom stereocenters. The third kappa shape index (κ3) is 2.71. The van der Waals surface area contributed by atoms with Crippen molar-refractivity contribution in [2.75, 3.05) is 11.6 Å². The molecular weight excluding hydrogens is 348 g/mol. The summed E-state index contributed by atoms with van der Waals surface area (Å²) in [7, 11) is -3.34. The summed E-state index contributed by atoms with van der Waals surface area (Å²) in [5, 5.41) is 3.06. The van der Waals surface area contributed by atoms with Gasteiger partial charge in [-0.15, -0.1) is 11.3 Å². The van der Waals surface area contributed by atoms with E-state index in [1.165, 1.54) is 24.5 Å². The summed E-state index contributed by atoms with van der Waals surface area (Å²) >= 11 is 1.25. The predicted molar refractivity (Wildman–Crippen MR) is 93.1 cm³/mol. The summed E-state index contributed by atoms with van der Waals surface area (Å²) in [4.78, 5) is 24.3. The molecule has 0 radical (unpaired) electrons. The van der Waals surface area contributed by atoms with Crippen LogP contribution >= 0.6 is 11.3 Å². The van der Waals surface area contributed by atoms with Gasteiger partial charge in [0, 0.05) is 18.1 Å². The highest BCUT2D eigenvalue weighted by Crippen LogP contribution is 2.46. The number of sulfone groups is 1. The largest absolute Gasteiger partial charge is 0.365 e. The van der Waals surface area contributed by atoms with Gasteiger partial charge in [0.25, 0.3) is 5.91 Å². The summed E-state index contributed by atoms with van der Waals surface area (Å²) in [6.07, 6.45) is 2.19. The minimum absolute atomic E-state index is 0.291. The van der Waals surface area contributed by atoms with Crippen LogP contribution in [0.3, 0.4) is 0 Å². The first-order chi connectivity index (χ1) is 11.2. The van der Waals surface area contributed by atoms with Crippen LogP contribution in [-0.4, -0.2) is 26.5 Å². The second-order valence-electron chi connectivity index (χ2n) is 5.71. The standard InChI is InChI=1S/C16H16N2O4S2/c1-8(19)18-16-13(15(17)20)11-7-6-9-10(14(11)23-16)4-3-5-12(9)24(2,21)22/h3-5H,6-7H2,1-2H3,(H2,17,20)(H,18,19). The lowest BCUT2D eigenvalue weighted by Crippen LogP contribution is -2.18. The lowest BCUT2D eigenvalue weighted by molar-refractivity contribution is -0.114. The maximum atomic E-state index is 12.0. The van der Waals surface area contributed by atoms with E-state index in [2.05, 4.69) is 5.32 Å². The number of primary amides is 1. The number of nitrogens with two attached hydrogens (primary N) is 1. The van der Waals surface area contributed by atoms with Crippen molar-refractivity contribution in [3.05, 3.63) is 34.9 Å². The number of fused-ring (bicyclic) bond motifs is 3. The van der Waals surface area contributed by atoms with Crippen molar-refractivity contribution < 1.29 is 18.0 Å². The molecule has 0 bridgehead atoms. The zero-order valence-corrected chi connectivity index (χ0v) is 14.8. The molecule has 1 heterocycles. The number of hydrogen-bond acceptors (Lipinski definition) is 5. The van der Waals surface area contributed by atoms with Gasteiger partial charge in [-0.3, -0.25) is 9.59 Å². The van der Waals surface area contributed by atoms with Gasteiger partial charge in [-0.25, -0.2) is 8.42 Å². The minimum Gasteiger partial charge on any atom is -0.365 e. The fourth-order valence-electron chi connectivity index (χ4n) is 3.06. The lowest BCUT2D eigenvalue weighted by Gasteiger charge is -2.19. The average molecular weight is 364 g/mol. The van der Waals surface area contributed by atoms with Crippen LogP contribution in [-0.2, 0) is 27.5 Å². The summed E-state index contributed by atoms with van der Waals surface area (Å²) in [5.41, 5.74) is 8.12. The molecule has 0 atom stereocenters. The van der Waals surface area contributed by atoms with Gasteiger partial charge in [0.2, 0.25) is 5.91 Å². The van der Waals surface area contributed by atoms with Gasteiger partial charge in [0.15, 0.2) is 9.84 Å². The van der Waals surface area contributed by atoms with E-state index in [1.807, 2.05) is 6.07 Å². The average Bonchev–Trinajstić information content (AvgIpc) is 2.83. The van der Waals surface area contributed by atoms with Gasteiger partial charge >= 0.3 is 0 Å². The van der Waals surface area contributed by atoms with E-state index in [1.54, 1.807) is 12.1 Å². The number of carbonyl (C=O) groups is 2. The van der Waals surface area contributed by atoms with E-state index in [-0.39, 0.29) is 5.91 Å². The molecule has 1 aliphatic carbocycles. The molecule has 2 amide bonds. The Labute approximate surface area is 143 Å². The molecule has 1 aromatic heterocycles. The Hall–Kier alpha value is -2.19. The third-order valence-electron chi connectivity index (χ3n) is 3.95. The summed E-state index contributed by atoms with van der Waals surface area (Å²) in [6.45, 7) is 1.36. The molecule has 2 aromatic rings. The van der Waals surface area contributed by atoms with Gasteiger partial charge in [-0.05, 0) is 35.6 Å². The number of anilines is 1. The van der Waals surface area contributed by atoms with E-state index in [9.17, 15) is 18.0 Å². The van der Waals surface area contributed by atoms with Crippen LogP contribution in [0, 0.1) is 0 Å². The van der Waals surface area contributed by atoms with Gasteiger partial charge in [-0.1, -0.05) is 12.1 Å². The van der Waals surface area contributed by atoms with Crippen LogP contribution in [0.5, 0.6) is 0 Å². The number of amides is 2. The Balaban J connectivity index is 2.27. The quantitative estimate of drug-likeness (QED) is 0.868. The van der Waals surface area contributed by atoms with Crippen LogP contribution in [0.4, 0.5) is 5.00 Å². The number of nitrogens with one attached hydrogen (secondary N) is 1. The van der Waals surface area contributed by atoms with Gasteiger partial charge in [0.1, 0.15) is 5.00 Å². The molecule has 3 N–H and O–H groups in total. The van der Waals surface area contributed by atoms with Crippen molar-refractivity contribution >= 4 is 38.0 Å². The molecule has 6 nitrogen and oxygen atoms in total. The Morgan fingerprint density at radius 3 is 2.46 bits per heavy atom. The van der Waals surface area contributed by atoms with E-state index < -0.39 is 15.7 Å². The topological polar surface area (TPSA) is 106 Å². The number of hydrogen-bond donors (Lipinski definition) is 2. The van der Waals surface area contributed by atoms with E-state index in [0.717, 1.165) is 21.6 Å². The van der Waals surface area contributed by atoms with Crippen LogP contribution in [0.25, 0.3) is 10.4 Å². The first kappa shape index (κ1) is 16.7. The van der Waals surface area contributed by atoms with Crippen LogP contribution in [0.2, 0.25) is 0 Å². The van der Waals surface area contributed by atoms with Crippen LogP contribution in [0.15, 0.2) is 23.1 Å². The monoisotopic (exact) mass is 364 g/mol. The molecule has 24 heavy (non-hydrogen) atoms. The first-order valence-electron chi connectivity index (χ1n) is 7.25. The SMILES string of the molecule is CC(=O)Nc1sc2c(c1C(N)=O)CCc1c-2cccc1S(C)(=O)=O. The molecule has 0 fully saturated rings. The third-order valence-corrected chi connectivity index (χ3v) is 6.31. The van der Waals surface area contributed by atoms with Gasteiger partial charge < -0.3 is 11.1 Å². The lowest BCUT2D eigenvalue weighted by atomic mass is 9.89. The normalized spacial score (nSPS) is 13.1. The minimum atomic E-state index is -3.34. The highest BCUT2D eigenvalue weighted by molar-refractivity contribution is 7.90. The number of thiophene rings is 1. The molecule has 1 aliphatic rings. The molecule has 8 heteroatoms. The second kappa shape index (κ2) is 5.71. The van der Waals surface area contributed by atoms with Gasteiger partial charge in [0.05, 0.1) is 10.5 Å². The molecule has 0 saturated heterocycles.